The Balaban J connectivity index is 1.69. The summed E-state index contributed by atoms with van der Waals surface area (Å²) in [4.78, 5) is 16.1. The summed E-state index contributed by atoms with van der Waals surface area (Å²) in [5, 5.41) is 5.94. The number of nitrogens with one attached hydrogen (secondary N) is 2. The zero-order valence-electron chi connectivity index (χ0n) is 12.7. The van der Waals surface area contributed by atoms with E-state index in [0.29, 0.717) is 23.9 Å². The van der Waals surface area contributed by atoms with E-state index in [0.717, 1.165) is 24.2 Å². The van der Waals surface area contributed by atoms with Crippen LogP contribution in [0, 0.1) is 0 Å². The van der Waals surface area contributed by atoms with E-state index in [4.69, 9.17) is 4.42 Å². The summed E-state index contributed by atoms with van der Waals surface area (Å²) in [7, 11) is 1.90. The summed E-state index contributed by atoms with van der Waals surface area (Å²) in [6, 6.07) is 9.78. The molecule has 2 N–H and O–H groups in total. The van der Waals surface area contributed by atoms with Gasteiger partial charge in [0, 0.05) is 17.9 Å². The molecule has 0 radical (unpaired) electrons. The number of hydrogen-bond acceptors (Lipinski definition) is 5. The van der Waals surface area contributed by atoms with Crippen LogP contribution in [0.5, 0.6) is 0 Å². The van der Waals surface area contributed by atoms with Crippen LogP contribution in [0.3, 0.4) is 0 Å². The average Bonchev–Trinajstić information content (AvgIpc) is 3.01. The van der Waals surface area contributed by atoms with E-state index >= 15 is 0 Å². The minimum Gasteiger partial charge on any atom is -0.444 e. The lowest BCUT2D eigenvalue weighted by atomic mass is 10.2. The van der Waals surface area contributed by atoms with Crippen molar-refractivity contribution in [2.45, 2.75) is 12.2 Å². The van der Waals surface area contributed by atoms with Crippen molar-refractivity contribution in [2.24, 2.45) is 0 Å². The predicted octanol–water partition coefficient (Wildman–Crippen LogP) is 2.30. The van der Waals surface area contributed by atoms with Gasteiger partial charge < -0.3 is 15.1 Å². The summed E-state index contributed by atoms with van der Waals surface area (Å²) in [5.74, 6) is 1.79. The number of carbonyl (C=O) groups excluding carboxylic acids is 1. The number of rotatable bonds is 9. The molecule has 22 heavy (non-hydrogen) atoms. The number of benzene rings is 1. The first-order chi connectivity index (χ1) is 10.8. The Bertz CT molecular complexity index is 572. The molecular formula is C16H21N3O2S. The molecule has 2 aromatic rings. The summed E-state index contributed by atoms with van der Waals surface area (Å²) < 4.78 is 5.47. The van der Waals surface area contributed by atoms with Crippen molar-refractivity contribution in [2.75, 3.05) is 25.9 Å². The normalized spacial score (nSPS) is 10.6. The van der Waals surface area contributed by atoms with Crippen molar-refractivity contribution in [1.29, 1.82) is 0 Å². The van der Waals surface area contributed by atoms with Gasteiger partial charge in [0.1, 0.15) is 6.26 Å². The molecule has 0 bridgehead atoms. The Morgan fingerprint density at radius 2 is 2.09 bits per heavy atom. The van der Waals surface area contributed by atoms with Crippen LogP contribution in [-0.2, 0) is 10.5 Å². The lowest BCUT2D eigenvalue weighted by Gasteiger charge is -2.04. The second kappa shape index (κ2) is 9.27. The van der Waals surface area contributed by atoms with Crippen molar-refractivity contribution < 1.29 is 9.21 Å². The van der Waals surface area contributed by atoms with Crippen LogP contribution in [0.4, 0.5) is 0 Å². The molecule has 6 heteroatoms. The topological polar surface area (TPSA) is 67.2 Å². The van der Waals surface area contributed by atoms with Gasteiger partial charge in [0.2, 0.25) is 11.8 Å². The number of nitrogens with zero attached hydrogens (tertiary/aromatic N) is 1. The Labute approximate surface area is 134 Å². The summed E-state index contributed by atoms with van der Waals surface area (Å²) in [6.07, 6.45) is 2.59. The van der Waals surface area contributed by atoms with E-state index in [2.05, 4.69) is 15.6 Å². The van der Waals surface area contributed by atoms with Gasteiger partial charge in [0.25, 0.3) is 0 Å². The van der Waals surface area contributed by atoms with Crippen molar-refractivity contribution in [1.82, 2.24) is 15.6 Å². The number of amides is 1. The molecule has 0 saturated heterocycles. The van der Waals surface area contributed by atoms with E-state index in [1.165, 1.54) is 11.8 Å². The smallest absolute Gasteiger partial charge is 0.230 e. The van der Waals surface area contributed by atoms with Crippen molar-refractivity contribution in [3.05, 3.63) is 42.3 Å². The second-order valence-electron chi connectivity index (χ2n) is 4.81. The molecule has 0 atom stereocenters. The quantitative estimate of drug-likeness (QED) is 0.694. The second-order valence-corrected chi connectivity index (χ2v) is 5.80. The third-order valence-corrected chi connectivity index (χ3v) is 3.95. The molecule has 0 spiro atoms. The molecular weight excluding hydrogens is 298 g/mol. The van der Waals surface area contributed by atoms with Crippen LogP contribution in [-0.4, -0.2) is 36.8 Å². The van der Waals surface area contributed by atoms with E-state index in [9.17, 15) is 4.79 Å². The van der Waals surface area contributed by atoms with Gasteiger partial charge >= 0.3 is 0 Å². The van der Waals surface area contributed by atoms with Gasteiger partial charge in [-0.15, -0.1) is 11.8 Å². The maximum atomic E-state index is 11.6. The molecule has 1 aromatic heterocycles. The Morgan fingerprint density at radius 1 is 1.27 bits per heavy atom. The van der Waals surface area contributed by atoms with Crippen molar-refractivity contribution in [3.63, 3.8) is 0 Å². The highest BCUT2D eigenvalue weighted by molar-refractivity contribution is 7.99. The molecule has 5 nitrogen and oxygen atoms in total. The number of hydrogen-bond donors (Lipinski definition) is 2. The number of thioether (sulfide) groups is 1. The third kappa shape index (κ3) is 5.54. The highest BCUT2D eigenvalue weighted by Gasteiger charge is 2.07. The maximum Gasteiger partial charge on any atom is 0.230 e. The van der Waals surface area contributed by atoms with Gasteiger partial charge in [0.15, 0.2) is 0 Å². The first kappa shape index (κ1) is 16.6. The molecule has 0 aliphatic rings. The zero-order chi connectivity index (χ0) is 15.6. The molecule has 0 aliphatic heterocycles. The minimum absolute atomic E-state index is 0.0629. The van der Waals surface area contributed by atoms with Gasteiger partial charge in [-0.3, -0.25) is 4.79 Å². The maximum absolute atomic E-state index is 11.6. The van der Waals surface area contributed by atoms with E-state index < -0.39 is 0 Å². The standard InChI is InChI=1S/C16H21N3O2S/c1-17-8-5-9-18-15(20)12-22-11-14-10-21-16(19-14)13-6-3-2-4-7-13/h2-4,6-7,10,17H,5,8-9,11-12H2,1H3,(H,18,20). The number of aromatic nitrogens is 1. The largest absolute Gasteiger partial charge is 0.444 e. The fourth-order valence-corrected chi connectivity index (χ4v) is 2.61. The van der Waals surface area contributed by atoms with Crippen molar-refractivity contribution in [3.8, 4) is 11.5 Å². The van der Waals surface area contributed by atoms with Crippen LogP contribution in [0.15, 0.2) is 41.0 Å². The molecule has 118 valence electrons. The van der Waals surface area contributed by atoms with Crippen LogP contribution < -0.4 is 10.6 Å². The first-order valence-corrected chi connectivity index (χ1v) is 8.44. The van der Waals surface area contributed by atoms with Crippen LogP contribution >= 0.6 is 11.8 Å². The summed E-state index contributed by atoms with van der Waals surface area (Å²) >= 11 is 1.54. The first-order valence-electron chi connectivity index (χ1n) is 7.28. The predicted molar refractivity (Wildman–Crippen MR) is 89.7 cm³/mol. The molecule has 0 fully saturated rings. The van der Waals surface area contributed by atoms with E-state index in [1.807, 2.05) is 37.4 Å². The molecule has 1 amide bonds. The van der Waals surface area contributed by atoms with Gasteiger partial charge in [-0.2, -0.15) is 0 Å². The molecule has 2 rings (SSSR count). The monoisotopic (exact) mass is 319 g/mol. The lowest BCUT2D eigenvalue weighted by molar-refractivity contribution is -0.118. The summed E-state index contributed by atoms with van der Waals surface area (Å²) in [5.41, 5.74) is 1.81. The average molecular weight is 319 g/mol. The molecule has 1 heterocycles. The van der Waals surface area contributed by atoms with Gasteiger partial charge in [-0.1, -0.05) is 18.2 Å². The van der Waals surface area contributed by atoms with Gasteiger partial charge in [-0.25, -0.2) is 4.98 Å². The molecule has 0 saturated carbocycles. The fourth-order valence-electron chi connectivity index (χ4n) is 1.88. The fraction of sp³-hybridized carbons (Fsp3) is 0.375. The number of carbonyl (C=O) groups is 1. The van der Waals surface area contributed by atoms with Gasteiger partial charge in [0.05, 0.1) is 11.4 Å². The highest BCUT2D eigenvalue weighted by atomic mass is 32.2. The minimum atomic E-state index is 0.0629. The van der Waals surface area contributed by atoms with Crippen molar-refractivity contribution >= 4 is 17.7 Å². The third-order valence-electron chi connectivity index (χ3n) is 2.98. The lowest BCUT2D eigenvalue weighted by Crippen LogP contribution is -2.28. The molecule has 0 aliphatic carbocycles. The summed E-state index contributed by atoms with van der Waals surface area (Å²) in [6.45, 7) is 1.62. The van der Waals surface area contributed by atoms with Crippen LogP contribution in [0.25, 0.3) is 11.5 Å². The Morgan fingerprint density at radius 3 is 2.86 bits per heavy atom. The SMILES string of the molecule is CNCCCNC(=O)CSCc1coc(-c2ccccc2)n1. The van der Waals surface area contributed by atoms with E-state index in [-0.39, 0.29) is 5.91 Å². The molecule has 0 unspecified atom stereocenters. The zero-order valence-corrected chi connectivity index (χ0v) is 13.5. The Kier molecular flexibility index (Phi) is 6.99. The van der Waals surface area contributed by atoms with Crippen LogP contribution in [0.1, 0.15) is 12.1 Å². The van der Waals surface area contributed by atoms with E-state index in [1.54, 1.807) is 6.26 Å². The Hall–Kier alpha value is -1.79. The van der Waals surface area contributed by atoms with Crippen LogP contribution in [0.2, 0.25) is 0 Å². The number of oxazole rings is 1. The highest BCUT2D eigenvalue weighted by Crippen LogP contribution is 2.20. The molecule has 1 aromatic carbocycles. The van der Waals surface area contributed by atoms with Gasteiger partial charge in [-0.05, 0) is 32.1 Å².